The van der Waals surface area contributed by atoms with Crippen LogP contribution in [0.2, 0.25) is 0 Å². The van der Waals surface area contributed by atoms with Crippen LogP contribution in [-0.4, -0.2) is 22.0 Å². The molecule has 0 saturated heterocycles. The summed E-state index contributed by atoms with van der Waals surface area (Å²) in [5, 5.41) is 14.8. The van der Waals surface area contributed by atoms with E-state index in [1.165, 1.54) is 16.8 Å². The van der Waals surface area contributed by atoms with Crippen LogP contribution in [0.15, 0.2) is 6.33 Å². The smallest absolute Gasteiger partial charge is 0.138 e. The average Bonchev–Trinajstić information content (AvgIpc) is 2.76. The summed E-state index contributed by atoms with van der Waals surface area (Å²) in [6.07, 6.45) is 4.73. The second kappa shape index (κ2) is 5.01. The van der Waals surface area contributed by atoms with Crippen LogP contribution >= 0.6 is 11.3 Å². The maximum absolute atomic E-state index is 10.9. The molecule has 6 heteroatoms. The molecule has 0 saturated carbocycles. The standard InChI is InChI=1S/C14H17N3O2S/c1-7-3-4-9-10(5-7)20-13-11(9)12(15-6-16-13)17-8(2)14(18)19/h6-8H,3-5H2,1-2H3,(H,18,19)(H,15,16,17)/p-1/t7-,8+/m1/s1. The number of hydrogen-bond donors (Lipinski definition) is 1. The number of carbonyl (C=O) groups excluding carboxylic acids is 1. The first-order valence-corrected chi connectivity index (χ1v) is 7.60. The second-order valence-electron chi connectivity index (χ2n) is 5.44. The molecule has 0 fully saturated rings. The Morgan fingerprint density at radius 1 is 1.55 bits per heavy atom. The van der Waals surface area contributed by atoms with Crippen LogP contribution in [0.25, 0.3) is 10.2 Å². The van der Waals surface area contributed by atoms with Crippen molar-refractivity contribution in [1.29, 1.82) is 0 Å². The summed E-state index contributed by atoms with van der Waals surface area (Å²) in [5.41, 5.74) is 1.29. The Kier molecular flexibility index (Phi) is 3.33. The number of aromatic nitrogens is 2. The van der Waals surface area contributed by atoms with E-state index >= 15 is 0 Å². The Bertz CT molecular complexity index is 668. The lowest BCUT2D eigenvalue weighted by molar-refractivity contribution is -0.306. The molecule has 0 unspecified atom stereocenters. The minimum Gasteiger partial charge on any atom is -0.548 e. The topological polar surface area (TPSA) is 77.9 Å². The van der Waals surface area contributed by atoms with Gasteiger partial charge >= 0.3 is 0 Å². The van der Waals surface area contributed by atoms with E-state index in [9.17, 15) is 9.90 Å². The molecule has 5 nitrogen and oxygen atoms in total. The van der Waals surface area contributed by atoms with Gasteiger partial charge < -0.3 is 15.2 Å². The number of anilines is 1. The number of carbonyl (C=O) groups is 1. The molecular formula is C14H16N3O2S-. The minimum absolute atomic E-state index is 0.610. The van der Waals surface area contributed by atoms with Crippen molar-refractivity contribution in [2.75, 3.05) is 5.32 Å². The van der Waals surface area contributed by atoms with Crippen molar-refractivity contribution in [3.05, 3.63) is 16.8 Å². The van der Waals surface area contributed by atoms with Gasteiger partial charge in [-0.25, -0.2) is 9.97 Å². The van der Waals surface area contributed by atoms with Crippen molar-refractivity contribution in [1.82, 2.24) is 9.97 Å². The van der Waals surface area contributed by atoms with Gasteiger partial charge in [0.1, 0.15) is 17.0 Å². The fourth-order valence-electron chi connectivity index (χ4n) is 2.65. The molecule has 106 valence electrons. The number of aliphatic carboxylic acids is 1. The highest BCUT2D eigenvalue weighted by molar-refractivity contribution is 7.19. The molecule has 0 amide bonds. The summed E-state index contributed by atoms with van der Waals surface area (Å²) in [4.78, 5) is 21.7. The van der Waals surface area contributed by atoms with Gasteiger partial charge in [-0.05, 0) is 37.7 Å². The van der Waals surface area contributed by atoms with Crippen LogP contribution in [0.3, 0.4) is 0 Å². The van der Waals surface area contributed by atoms with E-state index in [2.05, 4.69) is 22.2 Å². The van der Waals surface area contributed by atoms with Gasteiger partial charge in [-0.2, -0.15) is 0 Å². The van der Waals surface area contributed by atoms with E-state index < -0.39 is 12.0 Å². The van der Waals surface area contributed by atoms with Crippen molar-refractivity contribution in [2.45, 2.75) is 39.2 Å². The van der Waals surface area contributed by atoms with Crippen molar-refractivity contribution in [3.8, 4) is 0 Å². The van der Waals surface area contributed by atoms with Crippen molar-refractivity contribution in [2.24, 2.45) is 5.92 Å². The molecule has 0 bridgehead atoms. The van der Waals surface area contributed by atoms with Crippen LogP contribution < -0.4 is 10.4 Å². The highest BCUT2D eigenvalue weighted by Crippen LogP contribution is 2.39. The van der Waals surface area contributed by atoms with Crippen molar-refractivity contribution < 1.29 is 9.90 Å². The average molecular weight is 290 g/mol. The third kappa shape index (κ3) is 2.24. The predicted octanol–water partition coefficient (Wildman–Crippen LogP) is 1.37. The van der Waals surface area contributed by atoms with Gasteiger partial charge in [0.15, 0.2) is 0 Å². The van der Waals surface area contributed by atoms with E-state index in [0.29, 0.717) is 11.7 Å². The highest BCUT2D eigenvalue weighted by Gasteiger charge is 2.23. The largest absolute Gasteiger partial charge is 0.548 e. The maximum Gasteiger partial charge on any atom is 0.138 e. The van der Waals surface area contributed by atoms with E-state index in [1.54, 1.807) is 18.3 Å². The first-order chi connectivity index (χ1) is 9.56. The van der Waals surface area contributed by atoms with Crippen molar-refractivity contribution >= 4 is 33.3 Å². The van der Waals surface area contributed by atoms with Gasteiger partial charge in [0.05, 0.1) is 17.4 Å². The zero-order valence-corrected chi connectivity index (χ0v) is 12.3. The third-order valence-electron chi connectivity index (χ3n) is 3.80. The van der Waals surface area contributed by atoms with Crippen LogP contribution in [0.4, 0.5) is 5.82 Å². The Morgan fingerprint density at radius 2 is 2.35 bits per heavy atom. The van der Waals surface area contributed by atoms with Gasteiger partial charge in [0.25, 0.3) is 0 Å². The fourth-order valence-corrected chi connectivity index (χ4v) is 4.00. The van der Waals surface area contributed by atoms with Crippen LogP contribution in [0.1, 0.15) is 30.7 Å². The maximum atomic E-state index is 10.9. The first kappa shape index (κ1) is 13.3. The molecule has 1 aliphatic carbocycles. The Morgan fingerprint density at radius 3 is 3.10 bits per heavy atom. The molecule has 0 radical (unpaired) electrons. The molecule has 2 atom stereocenters. The summed E-state index contributed by atoms with van der Waals surface area (Å²) < 4.78 is 0. The van der Waals surface area contributed by atoms with Crippen LogP contribution in [-0.2, 0) is 17.6 Å². The molecule has 2 heterocycles. The molecule has 3 rings (SSSR count). The minimum atomic E-state index is -1.13. The number of rotatable bonds is 3. The molecular weight excluding hydrogens is 274 g/mol. The number of nitrogens with zero attached hydrogens (tertiary/aromatic N) is 2. The van der Waals surface area contributed by atoms with E-state index in [1.807, 2.05) is 0 Å². The lowest BCUT2D eigenvalue weighted by atomic mass is 9.89. The molecule has 2 aromatic heterocycles. The fraction of sp³-hybridized carbons (Fsp3) is 0.500. The first-order valence-electron chi connectivity index (χ1n) is 6.79. The molecule has 1 aliphatic rings. The Labute approximate surface area is 121 Å². The van der Waals surface area contributed by atoms with Crippen LogP contribution in [0, 0.1) is 5.92 Å². The number of nitrogens with one attached hydrogen (secondary N) is 1. The van der Waals surface area contributed by atoms with Gasteiger partial charge in [-0.15, -0.1) is 11.3 Å². The normalized spacial score (nSPS) is 19.6. The lowest BCUT2D eigenvalue weighted by Crippen LogP contribution is -2.38. The number of hydrogen-bond acceptors (Lipinski definition) is 6. The quantitative estimate of drug-likeness (QED) is 0.923. The molecule has 1 N–H and O–H groups in total. The van der Waals surface area contributed by atoms with Gasteiger partial charge in [0.2, 0.25) is 0 Å². The van der Waals surface area contributed by atoms with Crippen molar-refractivity contribution in [3.63, 3.8) is 0 Å². The summed E-state index contributed by atoms with van der Waals surface area (Å²) >= 11 is 1.70. The second-order valence-corrected chi connectivity index (χ2v) is 6.52. The van der Waals surface area contributed by atoms with E-state index in [-0.39, 0.29) is 0 Å². The summed E-state index contributed by atoms with van der Waals surface area (Å²) in [6.45, 7) is 3.82. The highest BCUT2D eigenvalue weighted by atomic mass is 32.1. The predicted molar refractivity (Wildman–Crippen MR) is 76.7 cm³/mol. The molecule has 2 aromatic rings. The molecule has 20 heavy (non-hydrogen) atoms. The van der Waals surface area contributed by atoms with Gasteiger partial charge in [0, 0.05) is 4.88 Å². The van der Waals surface area contributed by atoms with Gasteiger partial charge in [-0.3, -0.25) is 0 Å². The lowest BCUT2D eigenvalue weighted by Gasteiger charge is -2.19. The zero-order valence-electron chi connectivity index (χ0n) is 11.5. The molecule has 0 spiro atoms. The molecule has 0 aliphatic heterocycles. The number of carboxylic acid groups (broad SMARTS) is 1. The van der Waals surface area contributed by atoms with Gasteiger partial charge in [-0.1, -0.05) is 6.92 Å². The number of fused-ring (bicyclic) bond motifs is 3. The number of thiophene rings is 1. The zero-order chi connectivity index (χ0) is 14.3. The van der Waals surface area contributed by atoms with E-state index in [4.69, 9.17) is 0 Å². The Balaban J connectivity index is 2.07. The van der Waals surface area contributed by atoms with Crippen LogP contribution in [0.5, 0.6) is 0 Å². The summed E-state index contributed by atoms with van der Waals surface area (Å²) in [5.74, 6) is 0.176. The monoisotopic (exact) mass is 290 g/mol. The number of aryl methyl sites for hydroxylation is 1. The summed E-state index contributed by atoms with van der Waals surface area (Å²) in [7, 11) is 0. The number of carboxylic acids is 1. The Hall–Kier alpha value is -1.69. The SMILES string of the molecule is C[C@@H]1CCc2c(sc3ncnc(N[C@@H](C)C(=O)[O-])c23)C1. The third-order valence-corrected chi connectivity index (χ3v) is 4.96. The summed E-state index contributed by atoms with van der Waals surface area (Å²) in [6, 6.07) is -0.772. The van der Waals surface area contributed by atoms with E-state index in [0.717, 1.165) is 29.5 Å². The molecule has 0 aromatic carbocycles.